The molecule has 1 unspecified atom stereocenters. The van der Waals surface area contributed by atoms with Crippen molar-refractivity contribution in [2.75, 3.05) is 0 Å². The molecule has 46 heavy (non-hydrogen) atoms. The van der Waals surface area contributed by atoms with E-state index in [1.165, 1.54) is 38.6 Å². The highest BCUT2D eigenvalue weighted by Crippen LogP contribution is 2.47. The number of nitrogens with zero attached hydrogens (tertiary/aromatic N) is 1. The lowest BCUT2D eigenvalue weighted by Gasteiger charge is -2.25. The molecule has 3 nitrogen and oxygen atoms in total. The molecule has 218 valence electrons. The van der Waals surface area contributed by atoms with Crippen molar-refractivity contribution in [1.82, 2.24) is 4.57 Å². The van der Waals surface area contributed by atoms with Crippen LogP contribution < -0.4 is 0 Å². The van der Waals surface area contributed by atoms with Crippen LogP contribution in [0.1, 0.15) is 22.8 Å². The molecule has 0 saturated carbocycles. The summed E-state index contributed by atoms with van der Waals surface area (Å²) in [6.45, 7) is 0. The maximum atomic E-state index is 6.60. The van der Waals surface area contributed by atoms with Crippen molar-refractivity contribution >= 4 is 43.9 Å². The van der Waals surface area contributed by atoms with Gasteiger partial charge in [-0.25, -0.2) is 0 Å². The van der Waals surface area contributed by atoms with E-state index in [4.69, 9.17) is 8.83 Å². The topological polar surface area (TPSA) is 31.2 Å². The number of rotatable bonds is 4. The summed E-state index contributed by atoms with van der Waals surface area (Å²) in [5, 5.41) is 4.68. The van der Waals surface area contributed by atoms with Gasteiger partial charge >= 0.3 is 0 Å². The molecule has 3 aromatic heterocycles. The summed E-state index contributed by atoms with van der Waals surface area (Å²) in [7, 11) is 0. The average Bonchev–Trinajstić information content (AvgIpc) is 3.77. The fraction of sp³-hybridized carbons (Fsp3) is 0.0698. The van der Waals surface area contributed by atoms with Crippen molar-refractivity contribution in [1.29, 1.82) is 0 Å². The third kappa shape index (κ3) is 3.78. The SMILES string of the molecule is c1ccc(CC2Cc3oc4ccc(-c5cccc(-n6c7ccccc7c7c8ccccc8oc76)c5)cc4c3-c3ccccc32)cc1. The minimum Gasteiger partial charge on any atom is -0.460 e. The van der Waals surface area contributed by atoms with Gasteiger partial charge in [0, 0.05) is 33.8 Å². The molecule has 1 atom stereocenters. The normalized spacial score (nSPS) is 14.3. The second-order valence-electron chi connectivity index (χ2n) is 12.5. The van der Waals surface area contributed by atoms with Crippen LogP contribution in [-0.4, -0.2) is 4.57 Å². The Bertz CT molecular complexity index is 2600. The smallest absolute Gasteiger partial charge is 0.213 e. The minimum atomic E-state index is 0.384. The predicted octanol–water partition coefficient (Wildman–Crippen LogP) is 11.5. The first-order chi connectivity index (χ1) is 22.8. The summed E-state index contributed by atoms with van der Waals surface area (Å²) in [5.74, 6) is 1.47. The lowest BCUT2D eigenvalue weighted by molar-refractivity contribution is 0.510. The van der Waals surface area contributed by atoms with E-state index >= 15 is 0 Å². The van der Waals surface area contributed by atoms with Gasteiger partial charge in [-0.15, -0.1) is 0 Å². The van der Waals surface area contributed by atoms with E-state index in [-0.39, 0.29) is 0 Å². The van der Waals surface area contributed by atoms with Gasteiger partial charge in [-0.05, 0) is 76.6 Å². The van der Waals surface area contributed by atoms with Crippen molar-refractivity contribution in [3.05, 3.63) is 162 Å². The highest BCUT2D eigenvalue weighted by atomic mass is 16.3. The first-order valence-corrected chi connectivity index (χ1v) is 16.0. The van der Waals surface area contributed by atoms with E-state index < -0.39 is 0 Å². The largest absolute Gasteiger partial charge is 0.460 e. The predicted molar refractivity (Wildman–Crippen MR) is 188 cm³/mol. The zero-order chi connectivity index (χ0) is 30.2. The second kappa shape index (κ2) is 9.85. The van der Waals surface area contributed by atoms with Gasteiger partial charge in [0.15, 0.2) is 0 Å². The van der Waals surface area contributed by atoms with E-state index in [0.717, 1.165) is 63.0 Å². The molecule has 0 saturated heterocycles. The maximum Gasteiger partial charge on any atom is 0.213 e. The summed E-state index contributed by atoms with van der Waals surface area (Å²) in [6.07, 6.45) is 1.90. The molecule has 3 heteroatoms. The number of benzene rings is 6. The van der Waals surface area contributed by atoms with Crippen LogP contribution in [0.3, 0.4) is 0 Å². The Morgan fingerprint density at radius 3 is 2.28 bits per heavy atom. The molecule has 0 fully saturated rings. The molecule has 0 bridgehead atoms. The molecule has 0 spiro atoms. The molecule has 0 amide bonds. The van der Waals surface area contributed by atoms with Crippen LogP contribution in [0.2, 0.25) is 0 Å². The third-order valence-corrected chi connectivity index (χ3v) is 9.82. The fourth-order valence-electron chi connectivity index (χ4n) is 7.78. The number of hydrogen-bond acceptors (Lipinski definition) is 2. The number of aromatic nitrogens is 1. The Morgan fingerprint density at radius 1 is 0.587 bits per heavy atom. The number of para-hydroxylation sites is 2. The number of furan rings is 2. The summed E-state index contributed by atoms with van der Waals surface area (Å²) in [6, 6.07) is 52.0. The maximum absolute atomic E-state index is 6.60. The molecule has 1 aliphatic rings. The van der Waals surface area contributed by atoms with Gasteiger partial charge < -0.3 is 8.83 Å². The summed E-state index contributed by atoms with van der Waals surface area (Å²) >= 11 is 0. The van der Waals surface area contributed by atoms with E-state index in [9.17, 15) is 0 Å². The minimum absolute atomic E-state index is 0.384. The van der Waals surface area contributed by atoms with Gasteiger partial charge in [0.2, 0.25) is 5.71 Å². The lowest BCUT2D eigenvalue weighted by atomic mass is 9.78. The Labute approximate surface area is 265 Å². The van der Waals surface area contributed by atoms with Gasteiger partial charge in [-0.3, -0.25) is 4.57 Å². The van der Waals surface area contributed by atoms with E-state index in [0.29, 0.717) is 5.92 Å². The highest BCUT2D eigenvalue weighted by molar-refractivity contribution is 6.19. The van der Waals surface area contributed by atoms with Crippen molar-refractivity contribution in [3.63, 3.8) is 0 Å². The van der Waals surface area contributed by atoms with Crippen molar-refractivity contribution in [2.24, 2.45) is 0 Å². The van der Waals surface area contributed by atoms with Crippen LogP contribution in [0.15, 0.2) is 154 Å². The molecule has 0 N–H and O–H groups in total. The molecule has 1 aliphatic carbocycles. The van der Waals surface area contributed by atoms with Gasteiger partial charge in [-0.1, -0.05) is 109 Å². The van der Waals surface area contributed by atoms with E-state index in [2.05, 4.69) is 138 Å². The van der Waals surface area contributed by atoms with Gasteiger partial charge in [0.25, 0.3) is 0 Å². The standard InChI is InChI=1S/C43H29NO2/c1-2-11-27(12-3-1)23-30-26-40-41(33-16-5-4-15-32(30)33)36-25-29(21-22-39(36)45-40)28-13-10-14-31(24-28)44-37-19-8-6-17-34(37)42-35-18-7-9-20-38(35)46-43(42)44/h1-22,24-25,30H,23,26H2. The Hall–Kier alpha value is -5.80. The van der Waals surface area contributed by atoms with Crippen molar-refractivity contribution in [3.8, 4) is 27.9 Å². The van der Waals surface area contributed by atoms with Crippen LogP contribution in [0.4, 0.5) is 0 Å². The van der Waals surface area contributed by atoms with E-state index in [1.54, 1.807) is 0 Å². The Kier molecular flexibility index (Phi) is 5.47. The van der Waals surface area contributed by atoms with Crippen molar-refractivity contribution in [2.45, 2.75) is 18.8 Å². The number of fused-ring (bicyclic) bond motifs is 10. The van der Waals surface area contributed by atoms with Crippen molar-refractivity contribution < 1.29 is 8.83 Å². The van der Waals surface area contributed by atoms with Crippen LogP contribution in [0.5, 0.6) is 0 Å². The summed E-state index contributed by atoms with van der Waals surface area (Å²) < 4.78 is 15.4. The molecular formula is C43H29NO2. The number of hydrogen-bond donors (Lipinski definition) is 0. The molecule has 0 aliphatic heterocycles. The van der Waals surface area contributed by atoms with E-state index in [1.807, 2.05) is 12.1 Å². The Morgan fingerprint density at radius 2 is 1.35 bits per heavy atom. The third-order valence-electron chi connectivity index (χ3n) is 9.82. The van der Waals surface area contributed by atoms with Gasteiger partial charge in [0.05, 0.1) is 10.9 Å². The highest BCUT2D eigenvalue weighted by Gasteiger charge is 2.29. The fourth-order valence-corrected chi connectivity index (χ4v) is 7.78. The molecule has 0 radical (unpaired) electrons. The molecule has 9 aromatic rings. The lowest BCUT2D eigenvalue weighted by Crippen LogP contribution is -2.12. The summed E-state index contributed by atoms with van der Waals surface area (Å²) in [4.78, 5) is 0. The van der Waals surface area contributed by atoms with Crippen LogP contribution in [-0.2, 0) is 12.8 Å². The quantitative estimate of drug-likeness (QED) is 0.204. The van der Waals surface area contributed by atoms with Crippen LogP contribution in [0.25, 0.3) is 71.9 Å². The zero-order valence-corrected chi connectivity index (χ0v) is 25.1. The molecular weight excluding hydrogens is 562 g/mol. The first kappa shape index (κ1) is 25.5. The van der Waals surface area contributed by atoms with Crippen LogP contribution in [0, 0.1) is 0 Å². The Balaban J connectivity index is 1.10. The van der Waals surface area contributed by atoms with Crippen LogP contribution >= 0.6 is 0 Å². The average molecular weight is 592 g/mol. The molecule has 10 rings (SSSR count). The summed E-state index contributed by atoms with van der Waals surface area (Å²) in [5.41, 5.74) is 12.6. The van der Waals surface area contributed by atoms with Gasteiger partial charge in [0.1, 0.15) is 16.9 Å². The molecule has 3 heterocycles. The zero-order valence-electron chi connectivity index (χ0n) is 25.1. The second-order valence-corrected chi connectivity index (χ2v) is 12.5. The first-order valence-electron chi connectivity index (χ1n) is 16.0. The monoisotopic (exact) mass is 591 g/mol. The van der Waals surface area contributed by atoms with Gasteiger partial charge in [-0.2, -0.15) is 0 Å². The molecule has 6 aromatic carbocycles.